The Kier molecular flexibility index (Phi) is 3.46. The fraction of sp³-hybridized carbons (Fsp3) is 0.0556. The summed E-state index contributed by atoms with van der Waals surface area (Å²) in [5.41, 5.74) is 8.79. The molecule has 7 heteroatoms. The van der Waals surface area contributed by atoms with Crippen LogP contribution < -0.4 is 5.73 Å². The minimum atomic E-state index is -0.621. The van der Waals surface area contributed by atoms with Crippen LogP contribution in [0.1, 0.15) is 11.1 Å². The highest BCUT2D eigenvalue weighted by atomic mass is 16.6. The molecule has 3 aromatic rings. The number of oxime groups is 1. The molecule has 0 atom stereocenters. The predicted molar refractivity (Wildman–Crippen MR) is 94.3 cm³/mol. The number of benzene rings is 2. The van der Waals surface area contributed by atoms with Gasteiger partial charge in [-0.15, -0.1) is 0 Å². The topological polar surface area (TPSA) is 113 Å². The number of rotatable bonds is 4. The number of para-hydroxylation sites is 2. The number of H-pyrrole nitrogens is 1. The van der Waals surface area contributed by atoms with Gasteiger partial charge in [-0.05, 0) is 12.1 Å². The summed E-state index contributed by atoms with van der Waals surface area (Å²) in [6.07, 6.45) is 0. The van der Waals surface area contributed by atoms with Crippen molar-refractivity contribution >= 4 is 33.9 Å². The molecule has 0 fully saturated rings. The van der Waals surface area contributed by atoms with Crippen molar-refractivity contribution < 1.29 is 14.7 Å². The van der Waals surface area contributed by atoms with E-state index in [2.05, 4.69) is 15.1 Å². The minimum Gasteiger partial charge on any atom is -0.494 e. The second-order valence-electron chi connectivity index (χ2n) is 5.55. The lowest BCUT2D eigenvalue weighted by Gasteiger charge is -2.04. The highest BCUT2D eigenvalue weighted by Crippen LogP contribution is 2.35. The van der Waals surface area contributed by atoms with Crippen LogP contribution in [0.2, 0.25) is 0 Å². The molecular formula is C18H14N4O3. The van der Waals surface area contributed by atoms with Crippen molar-refractivity contribution in [3.63, 3.8) is 0 Å². The number of amides is 1. The molecule has 0 aliphatic carbocycles. The molecule has 1 amide bonds. The number of nitrogens with two attached hydrogens (primary N) is 1. The Morgan fingerprint density at radius 3 is 2.80 bits per heavy atom. The van der Waals surface area contributed by atoms with Crippen LogP contribution in [-0.4, -0.2) is 34.0 Å². The number of nitrogens with one attached hydrogen (secondary N) is 1. The number of aromatic amines is 1. The molecule has 0 radical (unpaired) electrons. The normalized spacial score (nSPS) is 14.6. The molecule has 1 aliphatic rings. The SMILES string of the molecule is NC(=O)CO/N=C1/C(c2c(O)[nH]c3ccccc23)=Nc2ccccc21. The summed E-state index contributed by atoms with van der Waals surface area (Å²) in [4.78, 5) is 23.5. The summed E-state index contributed by atoms with van der Waals surface area (Å²) in [5.74, 6) is -0.626. The first-order valence-corrected chi connectivity index (χ1v) is 7.62. The minimum absolute atomic E-state index is 0.00430. The summed E-state index contributed by atoms with van der Waals surface area (Å²) in [7, 11) is 0. The fourth-order valence-corrected chi connectivity index (χ4v) is 2.87. The van der Waals surface area contributed by atoms with Crippen LogP contribution >= 0.6 is 0 Å². The smallest absolute Gasteiger partial charge is 0.258 e. The summed E-state index contributed by atoms with van der Waals surface area (Å²) in [5, 5.41) is 15.3. The Bertz CT molecular complexity index is 1050. The number of fused-ring (bicyclic) bond motifs is 2. The van der Waals surface area contributed by atoms with E-state index < -0.39 is 5.91 Å². The van der Waals surface area contributed by atoms with Crippen LogP contribution in [0.5, 0.6) is 5.88 Å². The van der Waals surface area contributed by atoms with Crippen LogP contribution in [0.15, 0.2) is 58.7 Å². The van der Waals surface area contributed by atoms with Crippen LogP contribution in [0.3, 0.4) is 0 Å². The lowest BCUT2D eigenvalue weighted by Crippen LogP contribution is -2.18. The van der Waals surface area contributed by atoms with Crippen molar-refractivity contribution in [1.82, 2.24) is 4.98 Å². The Morgan fingerprint density at radius 2 is 1.96 bits per heavy atom. The van der Waals surface area contributed by atoms with Crippen molar-refractivity contribution in [2.45, 2.75) is 0 Å². The quantitative estimate of drug-likeness (QED) is 0.636. The third kappa shape index (κ3) is 2.51. The number of nitrogens with zero attached hydrogens (tertiary/aromatic N) is 2. The Labute approximate surface area is 142 Å². The average molecular weight is 334 g/mol. The standard InChI is InChI=1S/C18H14N4O3/c19-14(23)9-25-22-16-11-6-2-4-8-13(11)20-17(16)15-10-5-1-3-7-12(10)21-18(15)24/h1-8,21,24H,9H2,(H2,19,23)/b22-16+. The zero-order chi connectivity index (χ0) is 17.4. The third-order valence-corrected chi connectivity index (χ3v) is 3.90. The molecule has 2 heterocycles. The van der Waals surface area contributed by atoms with Gasteiger partial charge in [-0.2, -0.15) is 0 Å². The van der Waals surface area contributed by atoms with Gasteiger partial charge in [0.2, 0.25) is 0 Å². The fourth-order valence-electron chi connectivity index (χ4n) is 2.87. The van der Waals surface area contributed by atoms with Gasteiger partial charge >= 0.3 is 0 Å². The maximum Gasteiger partial charge on any atom is 0.258 e. The monoisotopic (exact) mass is 334 g/mol. The number of hydrogen-bond acceptors (Lipinski definition) is 5. The lowest BCUT2D eigenvalue weighted by atomic mass is 10.0. The molecular weight excluding hydrogens is 320 g/mol. The first-order valence-electron chi connectivity index (χ1n) is 7.62. The molecule has 0 bridgehead atoms. The summed E-state index contributed by atoms with van der Waals surface area (Å²) in [6, 6.07) is 14.9. The predicted octanol–water partition coefficient (Wildman–Crippen LogP) is 2.21. The van der Waals surface area contributed by atoms with Gasteiger partial charge in [0.1, 0.15) is 11.4 Å². The molecule has 4 N–H and O–H groups in total. The highest BCUT2D eigenvalue weighted by Gasteiger charge is 2.29. The zero-order valence-corrected chi connectivity index (χ0v) is 13.1. The van der Waals surface area contributed by atoms with Gasteiger partial charge in [-0.1, -0.05) is 41.6 Å². The van der Waals surface area contributed by atoms with E-state index in [1.54, 1.807) is 0 Å². The molecule has 0 saturated carbocycles. The van der Waals surface area contributed by atoms with Crippen molar-refractivity contribution in [2.24, 2.45) is 15.9 Å². The average Bonchev–Trinajstić information content (AvgIpc) is 3.11. The first-order chi connectivity index (χ1) is 12.1. The first kappa shape index (κ1) is 14.9. The van der Waals surface area contributed by atoms with Gasteiger partial charge in [-0.3, -0.25) is 4.79 Å². The Hall–Kier alpha value is -3.61. The van der Waals surface area contributed by atoms with Gasteiger partial charge in [0, 0.05) is 16.5 Å². The van der Waals surface area contributed by atoms with Crippen molar-refractivity contribution in [2.75, 3.05) is 6.61 Å². The van der Waals surface area contributed by atoms with Crippen molar-refractivity contribution in [3.05, 3.63) is 59.7 Å². The number of aliphatic imine (C=N–C) groups is 1. The van der Waals surface area contributed by atoms with E-state index in [0.29, 0.717) is 22.7 Å². The number of hydrogen-bond donors (Lipinski definition) is 3. The van der Waals surface area contributed by atoms with Gasteiger partial charge in [0.05, 0.1) is 11.3 Å². The molecule has 2 aromatic carbocycles. The van der Waals surface area contributed by atoms with Crippen molar-refractivity contribution in [1.29, 1.82) is 0 Å². The van der Waals surface area contributed by atoms with Gasteiger partial charge < -0.3 is 20.7 Å². The third-order valence-electron chi connectivity index (χ3n) is 3.90. The van der Waals surface area contributed by atoms with Crippen LogP contribution in [0.4, 0.5) is 5.69 Å². The van der Waals surface area contributed by atoms with Gasteiger partial charge in [0.15, 0.2) is 12.5 Å². The number of aromatic hydroxyl groups is 1. The molecule has 7 nitrogen and oxygen atoms in total. The van der Waals surface area contributed by atoms with E-state index in [9.17, 15) is 9.90 Å². The zero-order valence-electron chi connectivity index (χ0n) is 13.1. The molecule has 25 heavy (non-hydrogen) atoms. The molecule has 4 rings (SSSR count). The van der Waals surface area contributed by atoms with Gasteiger partial charge in [-0.25, -0.2) is 4.99 Å². The molecule has 1 aromatic heterocycles. The number of carbonyl (C=O) groups is 1. The van der Waals surface area contributed by atoms with E-state index in [0.717, 1.165) is 16.5 Å². The van der Waals surface area contributed by atoms with E-state index in [4.69, 9.17) is 10.6 Å². The molecule has 0 saturated heterocycles. The Balaban J connectivity index is 1.87. The molecule has 124 valence electrons. The number of aromatic nitrogens is 1. The maximum atomic E-state index is 10.9. The summed E-state index contributed by atoms with van der Waals surface area (Å²) in [6.45, 7) is -0.335. The Morgan fingerprint density at radius 1 is 1.20 bits per heavy atom. The van der Waals surface area contributed by atoms with Gasteiger partial charge in [0.25, 0.3) is 5.91 Å². The van der Waals surface area contributed by atoms with E-state index in [1.165, 1.54) is 0 Å². The number of carbonyl (C=O) groups excluding carboxylic acids is 1. The van der Waals surface area contributed by atoms with Crippen LogP contribution in [0, 0.1) is 0 Å². The molecule has 1 aliphatic heterocycles. The van der Waals surface area contributed by atoms with Crippen LogP contribution in [0.25, 0.3) is 10.9 Å². The highest BCUT2D eigenvalue weighted by molar-refractivity contribution is 6.58. The van der Waals surface area contributed by atoms with E-state index >= 15 is 0 Å². The summed E-state index contributed by atoms with van der Waals surface area (Å²) >= 11 is 0. The largest absolute Gasteiger partial charge is 0.494 e. The second kappa shape index (κ2) is 5.79. The van der Waals surface area contributed by atoms with E-state index in [-0.39, 0.29) is 12.5 Å². The maximum absolute atomic E-state index is 10.9. The second-order valence-corrected chi connectivity index (χ2v) is 5.55. The van der Waals surface area contributed by atoms with E-state index in [1.807, 2.05) is 48.5 Å². The molecule has 0 unspecified atom stereocenters. The van der Waals surface area contributed by atoms with Crippen molar-refractivity contribution in [3.8, 4) is 5.88 Å². The molecule has 0 spiro atoms. The summed E-state index contributed by atoms with van der Waals surface area (Å²) < 4.78 is 0. The number of primary amides is 1. The van der Waals surface area contributed by atoms with Crippen LogP contribution in [-0.2, 0) is 9.63 Å². The lowest BCUT2D eigenvalue weighted by molar-refractivity contribution is -0.122.